The third-order valence-electron chi connectivity index (χ3n) is 3.10. The van der Waals surface area contributed by atoms with E-state index in [4.69, 9.17) is 0 Å². The Bertz CT molecular complexity index is 335. The maximum atomic E-state index is 4.14. The topological polar surface area (TPSA) is 19.4 Å². The highest BCUT2D eigenvalue weighted by molar-refractivity contribution is 9.09. The Morgan fingerprint density at radius 3 is 2.69 bits per heavy atom. The third-order valence-corrected chi connectivity index (χ3v) is 3.46. The van der Waals surface area contributed by atoms with Gasteiger partial charge in [-0.05, 0) is 18.6 Å². The highest BCUT2D eigenvalue weighted by Crippen LogP contribution is 2.19. The zero-order valence-corrected chi connectivity index (χ0v) is 11.3. The van der Waals surface area contributed by atoms with Gasteiger partial charge in [-0.3, -0.25) is 9.88 Å². The lowest BCUT2D eigenvalue weighted by molar-refractivity contribution is 0.274. The summed E-state index contributed by atoms with van der Waals surface area (Å²) in [7, 11) is 0. The summed E-state index contributed by atoms with van der Waals surface area (Å²) in [6, 6.07) is 2.12. The van der Waals surface area contributed by atoms with E-state index in [2.05, 4.69) is 43.7 Å². The van der Waals surface area contributed by atoms with Crippen molar-refractivity contribution in [2.45, 2.75) is 6.92 Å². The van der Waals surface area contributed by atoms with Crippen LogP contribution in [0.2, 0.25) is 0 Å². The van der Waals surface area contributed by atoms with Crippen LogP contribution in [0.1, 0.15) is 5.56 Å². The van der Waals surface area contributed by atoms with Gasteiger partial charge < -0.3 is 4.90 Å². The van der Waals surface area contributed by atoms with Gasteiger partial charge in [0.25, 0.3) is 0 Å². The number of halogens is 1. The first-order chi connectivity index (χ1) is 7.81. The molecule has 3 nitrogen and oxygen atoms in total. The van der Waals surface area contributed by atoms with Crippen LogP contribution >= 0.6 is 15.9 Å². The monoisotopic (exact) mass is 283 g/mol. The van der Waals surface area contributed by atoms with Gasteiger partial charge in [0.15, 0.2) is 0 Å². The van der Waals surface area contributed by atoms with Crippen molar-refractivity contribution in [1.82, 2.24) is 9.88 Å². The van der Waals surface area contributed by atoms with Crippen molar-refractivity contribution >= 4 is 21.6 Å². The van der Waals surface area contributed by atoms with Gasteiger partial charge >= 0.3 is 0 Å². The average molecular weight is 284 g/mol. The molecule has 4 heteroatoms. The summed E-state index contributed by atoms with van der Waals surface area (Å²) in [4.78, 5) is 9.10. The molecular formula is C12H18BrN3. The molecule has 0 saturated carbocycles. The van der Waals surface area contributed by atoms with Gasteiger partial charge in [-0.25, -0.2) is 0 Å². The van der Waals surface area contributed by atoms with Crippen LogP contribution in [-0.2, 0) is 0 Å². The summed E-state index contributed by atoms with van der Waals surface area (Å²) >= 11 is 3.49. The lowest BCUT2D eigenvalue weighted by Gasteiger charge is -2.36. The van der Waals surface area contributed by atoms with Crippen LogP contribution in [0.25, 0.3) is 0 Å². The minimum atomic E-state index is 1.07. The molecule has 88 valence electrons. The lowest BCUT2D eigenvalue weighted by atomic mass is 10.2. The molecule has 0 unspecified atom stereocenters. The largest absolute Gasteiger partial charge is 0.369 e. The van der Waals surface area contributed by atoms with Crippen LogP contribution in [-0.4, -0.2) is 47.9 Å². The summed E-state index contributed by atoms with van der Waals surface area (Å²) in [5.74, 6) is 0. The first kappa shape index (κ1) is 11.9. The lowest BCUT2D eigenvalue weighted by Crippen LogP contribution is -2.47. The normalized spacial score (nSPS) is 17.8. The van der Waals surface area contributed by atoms with Gasteiger partial charge in [0.1, 0.15) is 0 Å². The molecule has 1 aliphatic heterocycles. The second-order valence-electron chi connectivity index (χ2n) is 4.18. The number of aryl methyl sites for hydroxylation is 1. The van der Waals surface area contributed by atoms with E-state index in [1.54, 1.807) is 0 Å². The summed E-state index contributed by atoms with van der Waals surface area (Å²) in [5.41, 5.74) is 2.62. The van der Waals surface area contributed by atoms with Crippen molar-refractivity contribution in [2.75, 3.05) is 43.0 Å². The fourth-order valence-corrected chi connectivity index (χ4v) is 2.65. The molecule has 2 rings (SSSR count). The van der Waals surface area contributed by atoms with E-state index in [1.807, 2.05) is 12.4 Å². The molecule has 16 heavy (non-hydrogen) atoms. The molecule has 0 aromatic carbocycles. The number of aromatic nitrogens is 1. The Labute approximate surface area is 106 Å². The number of pyridine rings is 1. The predicted molar refractivity (Wildman–Crippen MR) is 71.4 cm³/mol. The number of nitrogens with zero attached hydrogens (tertiary/aromatic N) is 3. The zero-order valence-electron chi connectivity index (χ0n) is 9.69. The van der Waals surface area contributed by atoms with Gasteiger partial charge in [0.2, 0.25) is 0 Å². The van der Waals surface area contributed by atoms with Gasteiger partial charge in [-0.1, -0.05) is 15.9 Å². The van der Waals surface area contributed by atoms with E-state index in [-0.39, 0.29) is 0 Å². The Morgan fingerprint density at radius 1 is 1.31 bits per heavy atom. The quantitative estimate of drug-likeness (QED) is 0.790. The average Bonchev–Trinajstić information content (AvgIpc) is 2.31. The summed E-state index contributed by atoms with van der Waals surface area (Å²) in [6.07, 6.45) is 3.83. The molecule has 1 saturated heterocycles. The van der Waals surface area contributed by atoms with E-state index >= 15 is 0 Å². The van der Waals surface area contributed by atoms with Crippen molar-refractivity contribution in [3.63, 3.8) is 0 Å². The van der Waals surface area contributed by atoms with E-state index < -0.39 is 0 Å². The fraction of sp³-hybridized carbons (Fsp3) is 0.583. The van der Waals surface area contributed by atoms with Gasteiger partial charge in [0, 0.05) is 56.1 Å². The number of piperazine rings is 1. The van der Waals surface area contributed by atoms with E-state index in [9.17, 15) is 0 Å². The van der Waals surface area contributed by atoms with Crippen LogP contribution < -0.4 is 4.90 Å². The van der Waals surface area contributed by atoms with E-state index in [0.29, 0.717) is 0 Å². The predicted octanol–water partition coefficient (Wildman–Crippen LogP) is 1.91. The SMILES string of the molecule is Cc1cnccc1N1CCN(CCBr)CC1. The Balaban J connectivity index is 1.96. The summed E-state index contributed by atoms with van der Waals surface area (Å²) in [6.45, 7) is 7.85. The molecule has 1 aromatic rings. The van der Waals surface area contributed by atoms with Gasteiger partial charge in [0.05, 0.1) is 0 Å². The molecule has 2 heterocycles. The van der Waals surface area contributed by atoms with E-state index in [0.717, 1.165) is 38.1 Å². The Morgan fingerprint density at radius 2 is 2.06 bits per heavy atom. The molecule has 0 spiro atoms. The van der Waals surface area contributed by atoms with Crippen LogP contribution in [0.3, 0.4) is 0 Å². The standard InChI is InChI=1S/C12H18BrN3/c1-11-10-14-4-2-12(11)16-8-6-15(5-3-13)7-9-16/h2,4,10H,3,5-9H2,1H3. The van der Waals surface area contributed by atoms with Crippen molar-refractivity contribution in [1.29, 1.82) is 0 Å². The van der Waals surface area contributed by atoms with Crippen molar-refractivity contribution in [2.24, 2.45) is 0 Å². The van der Waals surface area contributed by atoms with E-state index in [1.165, 1.54) is 11.3 Å². The molecular weight excluding hydrogens is 266 g/mol. The van der Waals surface area contributed by atoms with Crippen molar-refractivity contribution < 1.29 is 0 Å². The van der Waals surface area contributed by atoms with Crippen molar-refractivity contribution in [3.8, 4) is 0 Å². The second-order valence-corrected chi connectivity index (χ2v) is 4.97. The Kier molecular flexibility index (Phi) is 4.18. The molecule has 0 aliphatic carbocycles. The number of hydrogen-bond donors (Lipinski definition) is 0. The molecule has 0 amide bonds. The fourth-order valence-electron chi connectivity index (χ4n) is 2.15. The maximum absolute atomic E-state index is 4.14. The summed E-state index contributed by atoms with van der Waals surface area (Å²) < 4.78 is 0. The van der Waals surface area contributed by atoms with Crippen LogP contribution in [0.15, 0.2) is 18.5 Å². The first-order valence-electron chi connectivity index (χ1n) is 5.75. The van der Waals surface area contributed by atoms with Gasteiger partial charge in [-0.2, -0.15) is 0 Å². The van der Waals surface area contributed by atoms with Crippen molar-refractivity contribution in [3.05, 3.63) is 24.0 Å². The third kappa shape index (κ3) is 2.74. The smallest absolute Gasteiger partial charge is 0.0427 e. The molecule has 1 fully saturated rings. The molecule has 0 atom stereocenters. The maximum Gasteiger partial charge on any atom is 0.0427 e. The highest BCUT2D eigenvalue weighted by atomic mass is 79.9. The molecule has 1 aromatic heterocycles. The Hall–Kier alpha value is -0.610. The molecule has 0 N–H and O–H groups in total. The van der Waals surface area contributed by atoms with Gasteiger partial charge in [-0.15, -0.1) is 0 Å². The minimum absolute atomic E-state index is 1.07. The zero-order chi connectivity index (χ0) is 11.4. The van der Waals surface area contributed by atoms with Crippen LogP contribution in [0.5, 0.6) is 0 Å². The number of alkyl halides is 1. The first-order valence-corrected chi connectivity index (χ1v) is 6.87. The minimum Gasteiger partial charge on any atom is -0.369 e. The number of rotatable bonds is 3. The second kappa shape index (κ2) is 5.64. The molecule has 1 aliphatic rings. The van der Waals surface area contributed by atoms with Crippen LogP contribution in [0, 0.1) is 6.92 Å². The van der Waals surface area contributed by atoms with Crippen LogP contribution in [0.4, 0.5) is 5.69 Å². The molecule has 0 radical (unpaired) electrons. The number of anilines is 1. The summed E-state index contributed by atoms with van der Waals surface area (Å²) in [5, 5.41) is 1.07. The highest BCUT2D eigenvalue weighted by Gasteiger charge is 2.17. The number of hydrogen-bond acceptors (Lipinski definition) is 3. The molecule has 0 bridgehead atoms.